The van der Waals surface area contributed by atoms with E-state index in [9.17, 15) is 9.90 Å². The molecule has 1 aromatic carbocycles. The summed E-state index contributed by atoms with van der Waals surface area (Å²) in [4.78, 5) is 11.3. The van der Waals surface area contributed by atoms with Gasteiger partial charge in [0.15, 0.2) is 0 Å². The minimum Gasteiger partial charge on any atom is -0.506 e. The lowest BCUT2D eigenvalue weighted by molar-refractivity contribution is 0.0963. The van der Waals surface area contributed by atoms with Crippen molar-refractivity contribution in [3.8, 4) is 5.75 Å². The van der Waals surface area contributed by atoms with Crippen molar-refractivity contribution in [1.82, 2.24) is 5.32 Å². The van der Waals surface area contributed by atoms with E-state index in [0.29, 0.717) is 11.3 Å². The van der Waals surface area contributed by atoms with Gasteiger partial charge in [0.2, 0.25) is 0 Å². The second kappa shape index (κ2) is 3.80. The fourth-order valence-corrected chi connectivity index (χ4v) is 1.13. The van der Waals surface area contributed by atoms with Crippen LogP contribution in [0.15, 0.2) is 18.2 Å². The first-order valence-electron chi connectivity index (χ1n) is 3.92. The van der Waals surface area contributed by atoms with Gasteiger partial charge in [0.1, 0.15) is 5.75 Å². The average Bonchev–Trinajstić information content (AvgIpc) is 2.16. The zero-order valence-corrected chi connectivity index (χ0v) is 7.59. The van der Waals surface area contributed by atoms with Gasteiger partial charge < -0.3 is 15.7 Å². The number of benzene rings is 1. The molecule has 1 amide bonds. The number of phenolic OH excluding ortho intramolecular Hbond substituents is 1. The summed E-state index contributed by atoms with van der Waals surface area (Å²) < 4.78 is 0. The number of rotatable bonds is 2. The Morgan fingerprint density at radius 1 is 1.38 bits per heavy atom. The molecule has 1 aromatic rings. The van der Waals surface area contributed by atoms with E-state index < -0.39 is 0 Å². The van der Waals surface area contributed by atoms with Crippen molar-refractivity contribution in [2.24, 2.45) is 0 Å². The first-order valence-corrected chi connectivity index (χ1v) is 3.92. The van der Waals surface area contributed by atoms with Crippen LogP contribution >= 0.6 is 0 Å². The standard InChI is InChI=1S/C9H12N2O2/c1-10-8-6(9(13)11-2)4-3-5-7(8)12/h3-5,10,12H,1-2H3,(H,11,13). The molecule has 0 saturated carbocycles. The topological polar surface area (TPSA) is 61.4 Å². The molecule has 4 nitrogen and oxygen atoms in total. The second-order valence-corrected chi connectivity index (χ2v) is 2.53. The molecule has 0 heterocycles. The van der Waals surface area contributed by atoms with Crippen molar-refractivity contribution in [3.63, 3.8) is 0 Å². The number of aromatic hydroxyl groups is 1. The molecular weight excluding hydrogens is 168 g/mol. The molecule has 13 heavy (non-hydrogen) atoms. The van der Waals surface area contributed by atoms with E-state index in [1.54, 1.807) is 26.2 Å². The van der Waals surface area contributed by atoms with Crippen LogP contribution in [0, 0.1) is 0 Å². The van der Waals surface area contributed by atoms with Crippen LogP contribution in [0.3, 0.4) is 0 Å². The van der Waals surface area contributed by atoms with Gasteiger partial charge in [0.25, 0.3) is 5.91 Å². The van der Waals surface area contributed by atoms with Gasteiger partial charge in [-0.25, -0.2) is 0 Å². The normalized spacial score (nSPS) is 9.38. The van der Waals surface area contributed by atoms with Crippen LogP contribution < -0.4 is 10.6 Å². The third-order valence-corrected chi connectivity index (χ3v) is 1.76. The van der Waals surface area contributed by atoms with Crippen molar-refractivity contribution in [2.75, 3.05) is 19.4 Å². The van der Waals surface area contributed by atoms with Gasteiger partial charge >= 0.3 is 0 Å². The monoisotopic (exact) mass is 180 g/mol. The van der Waals surface area contributed by atoms with Crippen LogP contribution in [-0.4, -0.2) is 25.1 Å². The highest BCUT2D eigenvalue weighted by molar-refractivity contribution is 6.00. The minimum atomic E-state index is -0.222. The molecule has 4 heteroatoms. The number of anilines is 1. The third-order valence-electron chi connectivity index (χ3n) is 1.76. The van der Waals surface area contributed by atoms with Crippen LogP contribution in [0.4, 0.5) is 5.69 Å². The molecule has 0 saturated heterocycles. The van der Waals surface area contributed by atoms with E-state index in [1.807, 2.05) is 0 Å². The highest BCUT2D eigenvalue weighted by Gasteiger charge is 2.11. The van der Waals surface area contributed by atoms with E-state index in [1.165, 1.54) is 6.07 Å². The summed E-state index contributed by atoms with van der Waals surface area (Å²) in [5, 5.41) is 14.7. The molecule has 0 spiro atoms. The fraction of sp³-hybridized carbons (Fsp3) is 0.222. The van der Waals surface area contributed by atoms with Crippen molar-refractivity contribution in [3.05, 3.63) is 23.8 Å². The lowest BCUT2D eigenvalue weighted by Gasteiger charge is -2.08. The van der Waals surface area contributed by atoms with Gasteiger partial charge in [0, 0.05) is 14.1 Å². The van der Waals surface area contributed by atoms with Gasteiger partial charge in [-0.2, -0.15) is 0 Å². The lowest BCUT2D eigenvalue weighted by Crippen LogP contribution is -2.19. The number of carbonyl (C=O) groups is 1. The van der Waals surface area contributed by atoms with E-state index in [2.05, 4.69) is 10.6 Å². The predicted octanol–water partition coefficient (Wildman–Crippen LogP) is 0.793. The Morgan fingerprint density at radius 3 is 2.62 bits per heavy atom. The molecule has 1 rings (SSSR count). The van der Waals surface area contributed by atoms with E-state index in [4.69, 9.17) is 0 Å². The average molecular weight is 180 g/mol. The molecule has 70 valence electrons. The second-order valence-electron chi connectivity index (χ2n) is 2.53. The molecule has 0 fully saturated rings. The van der Waals surface area contributed by atoms with Crippen molar-refractivity contribution < 1.29 is 9.90 Å². The molecule has 0 unspecified atom stereocenters. The molecule has 0 atom stereocenters. The van der Waals surface area contributed by atoms with Gasteiger partial charge in [0.05, 0.1) is 11.3 Å². The summed E-state index contributed by atoms with van der Waals surface area (Å²) >= 11 is 0. The predicted molar refractivity (Wildman–Crippen MR) is 51.0 cm³/mol. The molecule has 0 radical (unpaired) electrons. The van der Waals surface area contributed by atoms with Gasteiger partial charge in [-0.3, -0.25) is 4.79 Å². The summed E-state index contributed by atoms with van der Waals surface area (Å²) in [5.74, 6) is -0.149. The number of carbonyl (C=O) groups excluding carboxylic acids is 1. The number of hydrogen-bond acceptors (Lipinski definition) is 3. The number of amides is 1. The summed E-state index contributed by atoms with van der Waals surface area (Å²) in [6.45, 7) is 0. The number of hydrogen-bond donors (Lipinski definition) is 3. The molecule has 0 aromatic heterocycles. The van der Waals surface area contributed by atoms with Crippen molar-refractivity contribution >= 4 is 11.6 Å². The Balaban J connectivity index is 3.20. The van der Waals surface area contributed by atoms with Crippen LogP contribution in [0.5, 0.6) is 5.75 Å². The molecule has 0 aliphatic heterocycles. The smallest absolute Gasteiger partial charge is 0.253 e. The zero-order chi connectivity index (χ0) is 9.84. The van der Waals surface area contributed by atoms with Gasteiger partial charge in [-0.15, -0.1) is 0 Å². The fourth-order valence-electron chi connectivity index (χ4n) is 1.13. The van der Waals surface area contributed by atoms with Crippen LogP contribution in [-0.2, 0) is 0 Å². The number of para-hydroxylation sites is 1. The zero-order valence-electron chi connectivity index (χ0n) is 7.59. The molecule has 0 aliphatic rings. The highest BCUT2D eigenvalue weighted by atomic mass is 16.3. The van der Waals surface area contributed by atoms with Gasteiger partial charge in [-0.1, -0.05) is 6.07 Å². The SMILES string of the molecule is CNC(=O)c1cccc(O)c1NC. The van der Waals surface area contributed by atoms with Crippen LogP contribution in [0.1, 0.15) is 10.4 Å². The van der Waals surface area contributed by atoms with Gasteiger partial charge in [-0.05, 0) is 12.1 Å². The van der Waals surface area contributed by atoms with Crippen molar-refractivity contribution in [2.45, 2.75) is 0 Å². The summed E-state index contributed by atoms with van der Waals surface area (Å²) in [5.41, 5.74) is 0.881. The maximum absolute atomic E-state index is 11.3. The molecular formula is C9H12N2O2. The molecule has 3 N–H and O–H groups in total. The van der Waals surface area contributed by atoms with Crippen LogP contribution in [0.25, 0.3) is 0 Å². The van der Waals surface area contributed by atoms with E-state index in [0.717, 1.165) is 0 Å². The Bertz CT molecular complexity index is 323. The summed E-state index contributed by atoms with van der Waals surface area (Å²) in [7, 11) is 3.20. The third kappa shape index (κ3) is 1.72. The first kappa shape index (κ1) is 9.38. The maximum Gasteiger partial charge on any atom is 0.253 e. The Hall–Kier alpha value is -1.71. The summed E-state index contributed by atoms with van der Waals surface area (Å²) in [6, 6.07) is 4.80. The molecule has 0 bridgehead atoms. The Morgan fingerprint density at radius 2 is 2.08 bits per heavy atom. The quantitative estimate of drug-likeness (QED) is 0.590. The van der Waals surface area contributed by atoms with E-state index in [-0.39, 0.29) is 11.7 Å². The van der Waals surface area contributed by atoms with E-state index >= 15 is 0 Å². The summed E-state index contributed by atoms with van der Waals surface area (Å²) in [6.07, 6.45) is 0. The number of phenols is 1. The largest absolute Gasteiger partial charge is 0.506 e. The number of nitrogens with one attached hydrogen (secondary N) is 2. The van der Waals surface area contributed by atoms with Crippen molar-refractivity contribution in [1.29, 1.82) is 0 Å². The Labute approximate surface area is 76.6 Å². The van der Waals surface area contributed by atoms with Crippen LogP contribution in [0.2, 0.25) is 0 Å². The first-order chi connectivity index (χ1) is 6.20. The molecule has 0 aliphatic carbocycles. The lowest BCUT2D eigenvalue weighted by atomic mass is 10.1. The minimum absolute atomic E-state index is 0.0728. The Kier molecular flexibility index (Phi) is 2.74. The highest BCUT2D eigenvalue weighted by Crippen LogP contribution is 2.26. The maximum atomic E-state index is 11.3.